The Labute approximate surface area is 177 Å². The fourth-order valence-corrected chi connectivity index (χ4v) is 4.71. The molecule has 2 aliphatic rings. The Morgan fingerprint density at radius 3 is 2.47 bits per heavy atom. The van der Waals surface area contributed by atoms with Gasteiger partial charge in [-0.3, -0.25) is 19.7 Å². The third kappa shape index (κ3) is 3.73. The van der Waals surface area contributed by atoms with E-state index in [-0.39, 0.29) is 11.3 Å². The van der Waals surface area contributed by atoms with Crippen LogP contribution in [0.4, 0.5) is 5.69 Å². The molecule has 1 saturated heterocycles. The summed E-state index contributed by atoms with van der Waals surface area (Å²) in [5.74, 6) is -1.53. The number of rotatable bonds is 7. The van der Waals surface area contributed by atoms with Gasteiger partial charge in [-0.05, 0) is 55.1 Å². The zero-order chi connectivity index (χ0) is 21.3. The number of carbonyl (C=O) groups excluding carboxylic acids is 2. The van der Waals surface area contributed by atoms with Crippen LogP contribution in [0.2, 0.25) is 0 Å². The number of hydrogen-bond donors (Lipinski definition) is 1. The Morgan fingerprint density at radius 1 is 1.17 bits per heavy atom. The van der Waals surface area contributed by atoms with Crippen molar-refractivity contribution in [2.24, 2.45) is 0 Å². The number of nitro benzene ring substituents is 1. The van der Waals surface area contributed by atoms with Gasteiger partial charge in [-0.25, -0.2) is 0 Å². The molecule has 0 bridgehead atoms. The van der Waals surface area contributed by atoms with Gasteiger partial charge < -0.3 is 14.9 Å². The molecule has 1 atom stereocenters. The Morgan fingerprint density at radius 2 is 1.87 bits per heavy atom. The summed E-state index contributed by atoms with van der Waals surface area (Å²) in [7, 11) is 0. The molecule has 0 spiro atoms. The number of ketones is 1. The van der Waals surface area contributed by atoms with Crippen LogP contribution in [0, 0.1) is 10.1 Å². The Kier molecular flexibility index (Phi) is 5.65. The molecule has 2 aliphatic heterocycles. The van der Waals surface area contributed by atoms with Crippen LogP contribution in [0.1, 0.15) is 34.1 Å². The lowest BCUT2D eigenvalue weighted by Crippen LogP contribution is -2.37. The lowest BCUT2D eigenvalue weighted by molar-refractivity contribution is -0.384. The highest BCUT2D eigenvalue weighted by atomic mass is 32.1. The van der Waals surface area contributed by atoms with E-state index >= 15 is 0 Å². The molecule has 156 valence electrons. The Hall–Kier alpha value is -3.04. The average Bonchev–Trinajstić information content (AvgIpc) is 3.49. The van der Waals surface area contributed by atoms with Crippen LogP contribution in [-0.2, 0) is 4.79 Å². The second kappa shape index (κ2) is 8.37. The summed E-state index contributed by atoms with van der Waals surface area (Å²) in [6, 6.07) is 8.38. The minimum atomic E-state index is -0.782. The highest BCUT2D eigenvalue weighted by molar-refractivity contribution is 7.12. The van der Waals surface area contributed by atoms with Gasteiger partial charge in [0.2, 0.25) is 5.78 Å². The van der Waals surface area contributed by atoms with E-state index in [0.29, 0.717) is 23.5 Å². The zero-order valence-electron chi connectivity index (χ0n) is 16.2. The van der Waals surface area contributed by atoms with E-state index in [1.165, 1.54) is 28.4 Å². The minimum Gasteiger partial charge on any atom is -0.503 e. The van der Waals surface area contributed by atoms with Crippen molar-refractivity contribution in [2.75, 3.05) is 26.2 Å². The third-order valence-electron chi connectivity index (χ3n) is 5.57. The van der Waals surface area contributed by atoms with Crippen LogP contribution < -0.4 is 0 Å². The van der Waals surface area contributed by atoms with Crippen LogP contribution in [0.25, 0.3) is 0 Å². The molecule has 9 heteroatoms. The first-order chi connectivity index (χ1) is 14.5. The summed E-state index contributed by atoms with van der Waals surface area (Å²) in [5.41, 5.74) is 0.503. The quantitative estimate of drug-likeness (QED) is 0.413. The summed E-state index contributed by atoms with van der Waals surface area (Å²) < 4.78 is 0. The number of carbonyl (C=O) groups is 2. The Balaban J connectivity index is 1.69. The maximum Gasteiger partial charge on any atom is 0.290 e. The van der Waals surface area contributed by atoms with Gasteiger partial charge in [-0.15, -0.1) is 11.3 Å². The van der Waals surface area contributed by atoms with Crippen LogP contribution >= 0.6 is 11.3 Å². The van der Waals surface area contributed by atoms with Crippen LogP contribution in [0.15, 0.2) is 53.1 Å². The lowest BCUT2D eigenvalue weighted by Gasteiger charge is -2.28. The van der Waals surface area contributed by atoms with Crippen molar-refractivity contribution in [1.29, 1.82) is 0 Å². The number of benzene rings is 1. The van der Waals surface area contributed by atoms with E-state index in [9.17, 15) is 24.8 Å². The zero-order valence-corrected chi connectivity index (χ0v) is 17.0. The van der Waals surface area contributed by atoms with Crippen molar-refractivity contribution in [3.63, 3.8) is 0 Å². The molecule has 8 nitrogen and oxygen atoms in total. The summed E-state index contributed by atoms with van der Waals surface area (Å²) >= 11 is 1.24. The number of hydrogen-bond acceptors (Lipinski definition) is 7. The van der Waals surface area contributed by atoms with Gasteiger partial charge in [-0.2, -0.15) is 0 Å². The number of thiophene rings is 1. The van der Waals surface area contributed by atoms with E-state index in [2.05, 4.69) is 4.90 Å². The van der Waals surface area contributed by atoms with Crippen LogP contribution in [0.5, 0.6) is 0 Å². The van der Waals surface area contributed by atoms with Crippen molar-refractivity contribution >= 4 is 28.7 Å². The molecular weight excluding hydrogens is 406 g/mol. The number of amides is 1. The molecule has 1 N–H and O–H groups in total. The highest BCUT2D eigenvalue weighted by Gasteiger charge is 2.44. The molecule has 1 amide bonds. The van der Waals surface area contributed by atoms with E-state index in [4.69, 9.17) is 0 Å². The summed E-state index contributed by atoms with van der Waals surface area (Å²) in [6.45, 7) is 2.92. The Bertz CT molecular complexity index is 994. The third-order valence-corrected chi connectivity index (χ3v) is 6.44. The topological polar surface area (TPSA) is 104 Å². The standard InChI is InChI=1S/C21H21N3O5S/c25-19(16-4-3-13-30-16)17-18(14-5-7-15(8-6-14)24(28)29)23(21(27)20(17)26)12-11-22-9-1-2-10-22/h3-8,13,18,26H,1-2,9-12H2. The molecular formula is C21H21N3O5S. The largest absolute Gasteiger partial charge is 0.503 e. The maximum atomic E-state index is 13.1. The first kappa shape index (κ1) is 20.2. The van der Waals surface area contributed by atoms with Crippen LogP contribution in [-0.4, -0.2) is 57.7 Å². The fourth-order valence-electron chi connectivity index (χ4n) is 4.04. The van der Waals surface area contributed by atoms with E-state index in [1.54, 1.807) is 29.6 Å². The molecule has 0 saturated carbocycles. The van der Waals surface area contributed by atoms with Crippen LogP contribution in [0.3, 0.4) is 0 Å². The number of nitrogens with zero attached hydrogens (tertiary/aromatic N) is 3. The van der Waals surface area contributed by atoms with E-state index < -0.39 is 28.4 Å². The van der Waals surface area contributed by atoms with Crippen molar-refractivity contribution in [3.05, 3.63) is 73.7 Å². The molecule has 1 aromatic carbocycles. The fraction of sp³-hybridized carbons (Fsp3) is 0.333. The van der Waals surface area contributed by atoms with Gasteiger partial charge in [0, 0.05) is 25.2 Å². The molecule has 30 heavy (non-hydrogen) atoms. The number of non-ortho nitro benzene ring substituents is 1. The van der Waals surface area contributed by atoms with Gasteiger partial charge >= 0.3 is 0 Å². The SMILES string of the molecule is O=C(C1=C(O)C(=O)N(CCN2CCCC2)C1c1ccc([N+](=O)[O-])cc1)c1cccs1. The molecule has 0 aliphatic carbocycles. The number of likely N-dealkylation sites (tertiary alicyclic amines) is 1. The smallest absolute Gasteiger partial charge is 0.290 e. The van der Waals surface area contributed by atoms with Gasteiger partial charge in [0.05, 0.1) is 21.4 Å². The molecule has 1 fully saturated rings. The maximum absolute atomic E-state index is 13.1. The molecule has 4 rings (SSSR count). The normalized spacial score (nSPS) is 19.7. The molecule has 3 heterocycles. The molecule has 1 aromatic heterocycles. The average molecular weight is 427 g/mol. The molecule has 2 aromatic rings. The molecule has 1 unspecified atom stereocenters. The van der Waals surface area contributed by atoms with E-state index in [0.717, 1.165) is 25.9 Å². The minimum absolute atomic E-state index is 0.0257. The van der Waals surface area contributed by atoms with E-state index in [1.807, 2.05) is 0 Å². The second-order valence-corrected chi connectivity index (χ2v) is 8.31. The van der Waals surface area contributed by atoms with Crippen molar-refractivity contribution < 1.29 is 19.6 Å². The lowest BCUT2D eigenvalue weighted by atomic mass is 9.95. The summed E-state index contributed by atoms with van der Waals surface area (Å²) in [5, 5.41) is 23.4. The van der Waals surface area contributed by atoms with Gasteiger partial charge in [0.25, 0.3) is 11.6 Å². The summed E-state index contributed by atoms with van der Waals surface area (Å²) in [4.78, 5) is 40.7. The number of aliphatic hydroxyl groups excluding tert-OH is 1. The first-order valence-corrected chi connectivity index (χ1v) is 10.6. The van der Waals surface area contributed by atoms with Gasteiger partial charge in [0.1, 0.15) is 0 Å². The van der Waals surface area contributed by atoms with Crippen molar-refractivity contribution in [2.45, 2.75) is 18.9 Å². The molecule has 0 radical (unpaired) electrons. The first-order valence-electron chi connectivity index (χ1n) is 9.76. The predicted octanol–water partition coefficient (Wildman–Crippen LogP) is 3.33. The van der Waals surface area contributed by atoms with Gasteiger partial charge in [-0.1, -0.05) is 6.07 Å². The second-order valence-electron chi connectivity index (χ2n) is 7.37. The number of nitro groups is 1. The van der Waals surface area contributed by atoms with Crippen molar-refractivity contribution in [1.82, 2.24) is 9.80 Å². The number of aliphatic hydroxyl groups is 1. The monoisotopic (exact) mass is 427 g/mol. The highest BCUT2D eigenvalue weighted by Crippen LogP contribution is 2.39. The number of Topliss-reactive ketones (excluding diaryl/α,β-unsaturated/α-hetero) is 1. The van der Waals surface area contributed by atoms with Crippen molar-refractivity contribution in [3.8, 4) is 0 Å². The summed E-state index contributed by atoms with van der Waals surface area (Å²) in [6.07, 6.45) is 2.23. The predicted molar refractivity (Wildman–Crippen MR) is 112 cm³/mol. The van der Waals surface area contributed by atoms with Gasteiger partial charge in [0.15, 0.2) is 5.76 Å².